The standard InChI is InChI=1S/C15H30N2O2/c1-11(2)7-13(9-16)8-15(19)17-10-12-3-5-14(18)6-4-12/h11-14,18H,3-10,16H2,1-2H3,(H,17,19). The molecule has 1 unspecified atom stereocenters. The highest BCUT2D eigenvalue weighted by atomic mass is 16.3. The van der Waals surface area contributed by atoms with Crippen molar-refractivity contribution in [2.75, 3.05) is 13.1 Å². The van der Waals surface area contributed by atoms with E-state index in [1.165, 1.54) is 0 Å². The summed E-state index contributed by atoms with van der Waals surface area (Å²) in [5.74, 6) is 1.55. The quantitative estimate of drug-likeness (QED) is 0.658. The first-order valence-electron chi connectivity index (χ1n) is 7.66. The molecule has 1 aliphatic carbocycles. The average Bonchev–Trinajstić information content (AvgIpc) is 2.36. The fraction of sp³-hybridized carbons (Fsp3) is 0.933. The van der Waals surface area contributed by atoms with E-state index in [0.29, 0.717) is 30.7 Å². The smallest absolute Gasteiger partial charge is 0.220 e. The second-order valence-corrected chi connectivity index (χ2v) is 6.41. The molecule has 0 heterocycles. The van der Waals surface area contributed by atoms with Crippen LogP contribution < -0.4 is 11.1 Å². The Morgan fingerprint density at radius 1 is 1.32 bits per heavy atom. The Morgan fingerprint density at radius 3 is 2.47 bits per heavy atom. The lowest BCUT2D eigenvalue weighted by Gasteiger charge is -2.25. The summed E-state index contributed by atoms with van der Waals surface area (Å²) in [6.07, 6.45) is 5.23. The third-order valence-electron chi connectivity index (χ3n) is 4.02. The Hall–Kier alpha value is -0.610. The van der Waals surface area contributed by atoms with Crippen molar-refractivity contribution in [3.05, 3.63) is 0 Å². The molecule has 112 valence electrons. The first-order chi connectivity index (χ1) is 9.01. The third kappa shape index (κ3) is 6.92. The van der Waals surface area contributed by atoms with Gasteiger partial charge < -0.3 is 16.2 Å². The van der Waals surface area contributed by atoms with Gasteiger partial charge in [-0.15, -0.1) is 0 Å². The first kappa shape index (κ1) is 16.4. The Morgan fingerprint density at radius 2 is 1.95 bits per heavy atom. The number of aliphatic hydroxyl groups is 1. The molecular formula is C15H30N2O2. The zero-order chi connectivity index (χ0) is 14.3. The maximum Gasteiger partial charge on any atom is 0.220 e. The van der Waals surface area contributed by atoms with Crippen LogP contribution in [0.1, 0.15) is 52.4 Å². The molecule has 1 amide bonds. The second kappa shape index (κ2) is 8.54. The van der Waals surface area contributed by atoms with Crippen molar-refractivity contribution in [2.45, 2.75) is 58.5 Å². The molecule has 0 aromatic carbocycles. The summed E-state index contributed by atoms with van der Waals surface area (Å²) in [4.78, 5) is 11.9. The minimum absolute atomic E-state index is 0.125. The van der Waals surface area contributed by atoms with Gasteiger partial charge in [0.25, 0.3) is 0 Å². The van der Waals surface area contributed by atoms with E-state index in [4.69, 9.17) is 5.73 Å². The maximum absolute atomic E-state index is 11.9. The van der Waals surface area contributed by atoms with Gasteiger partial charge in [-0.2, -0.15) is 0 Å². The predicted octanol–water partition coefficient (Wildman–Crippen LogP) is 1.66. The number of carbonyl (C=O) groups is 1. The summed E-state index contributed by atoms with van der Waals surface area (Å²) >= 11 is 0. The highest BCUT2D eigenvalue weighted by Crippen LogP contribution is 2.23. The minimum atomic E-state index is -0.125. The summed E-state index contributed by atoms with van der Waals surface area (Å²) in [6.45, 7) is 5.66. The van der Waals surface area contributed by atoms with Crippen LogP contribution in [-0.2, 0) is 4.79 Å². The normalized spacial score (nSPS) is 25.3. The lowest BCUT2D eigenvalue weighted by Crippen LogP contribution is -2.34. The molecule has 1 atom stereocenters. The van der Waals surface area contributed by atoms with E-state index >= 15 is 0 Å². The van der Waals surface area contributed by atoms with Crippen LogP contribution in [0.15, 0.2) is 0 Å². The lowest BCUT2D eigenvalue weighted by molar-refractivity contribution is -0.122. The third-order valence-corrected chi connectivity index (χ3v) is 4.02. The van der Waals surface area contributed by atoms with Crippen LogP contribution in [-0.4, -0.2) is 30.2 Å². The van der Waals surface area contributed by atoms with Gasteiger partial charge in [0.15, 0.2) is 0 Å². The van der Waals surface area contributed by atoms with Crippen molar-refractivity contribution in [1.29, 1.82) is 0 Å². The fourth-order valence-electron chi connectivity index (χ4n) is 2.87. The molecule has 0 bridgehead atoms. The average molecular weight is 270 g/mol. The van der Waals surface area contributed by atoms with Gasteiger partial charge >= 0.3 is 0 Å². The molecule has 0 aromatic rings. The van der Waals surface area contributed by atoms with Crippen LogP contribution in [0.2, 0.25) is 0 Å². The van der Waals surface area contributed by atoms with Gasteiger partial charge in [0.1, 0.15) is 0 Å². The molecule has 0 aromatic heterocycles. The second-order valence-electron chi connectivity index (χ2n) is 6.41. The van der Waals surface area contributed by atoms with Gasteiger partial charge in [-0.3, -0.25) is 4.79 Å². The van der Waals surface area contributed by atoms with Crippen molar-refractivity contribution in [3.8, 4) is 0 Å². The van der Waals surface area contributed by atoms with Gasteiger partial charge in [0.05, 0.1) is 6.10 Å². The Labute approximate surface area is 117 Å². The van der Waals surface area contributed by atoms with Crippen LogP contribution in [0.5, 0.6) is 0 Å². The van der Waals surface area contributed by atoms with E-state index in [2.05, 4.69) is 19.2 Å². The van der Waals surface area contributed by atoms with Crippen LogP contribution >= 0.6 is 0 Å². The highest BCUT2D eigenvalue weighted by molar-refractivity contribution is 5.76. The van der Waals surface area contributed by atoms with Gasteiger partial charge in [-0.25, -0.2) is 0 Å². The Kier molecular flexibility index (Phi) is 7.39. The maximum atomic E-state index is 11.9. The van der Waals surface area contributed by atoms with E-state index in [0.717, 1.165) is 38.6 Å². The van der Waals surface area contributed by atoms with Crippen molar-refractivity contribution in [1.82, 2.24) is 5.32 Å². The highest BCUT2D eigenvalue weighted by Gasteiger charge is 2.20. The molecule has 19 heavy (non-hydrogen) atoms. The number of nitrogens with two attached hydrogens (primary N) is 1. The molecule has 0 spiro atoms. The number of carbonyl (C=O) groups excluding carboxylic acids is 1. The number of nitrogens with one attached hydrogen (secondary N) is 1. The Balaban J connectivity index is 2.19. The van der Waals surface area contributed by atoms with Crippen molar-refractivity contribution >= 4 is 5.91 Å². The fourth-order valence-corrected chi connectivity index (χ4v) is 2.87. The molecule has 1 saturated carbocycles. The molecule has 4 heteroatoms. The van der Waals surface area contributed by atoms with Crippen LogP contribution in [0, 0.1) is 17.8 Å². The SMILES string of the molecule is CC(C)CC(CN)CC(=O)NCC1CCC(O)CC1. The number of rotatable bonds is 7. The van der Waals surface area contributed by atoms with Gasteiger partial charge in [0.2, 0.25) is 5.91 Å². The first-order valence-corrected chi connectivity index (χ1v) is 7.66. The summed E-state index contributed by atoms with van der Waals surface area (Å²) < 4.78 is 0. The summed E-state index contributed by atoms with van der Waals surface area (Å²) in [5, 5.41) is 12.5. The van der Waals surface area contributed by atoms with E-state index in [1.807, 2.05) is 0 Å². The summed E-state index contributed by atoms with van der Waals surface area (Å²) in [5.41, 5.74) is 5.72. The number of amides is 1. The monoisotopic (exact) mass is 270 g/mol. The lowest BCUT2D eigenvalue weighted by atomic mass is 9.87. The molecule has 4 nitrogen and oxygen atoms in total. The minimum Gasteiger partial charge on any atom is -0.393 e. The van der Waals surface area contributed by atoms with Gasteiger partial charge in [0, 0.05) is 13.0 Å². The summed E-state index contributed by atoms with van der Waals surface area (Å²) in [7, 11) is 0. The largest absolute Gasteiger partial charge is 0.393 e. The predicted molar refractivity (Wildman–Crippen MR) is 77.6 cm³/mol. The van der Waals surface area contributed by atoms with E-state index in [-0.39, 0.29) is 12.0 Å². The molecule has 1 aliphatic rings. The van der Waals surface area contributed by atoms with Gasteiger partial charge in [-0.1, -0.05) is 13.8 Å². The van der Waals surface area contributed by atoms with Crippen molar-refractivity contribution in [3.63, 3.8) is 0 Å². The number of aliphatic hydroxyl groups excluding tert-OH is 1. The molecule has 0 aliphatic heterocycles. The topological polar surface area (TPSA) is 75.4 Å². The number of hydrogen-bond donors (Lipinski definition) is 3. The van der Waals surface area contributed by atoms with E-state index < -0.39 is 0 Å². The zero-order valence-corrected chi connectivity index (χ0v) is 12.4. The molecule has 0 saturated heterocycles. The van der Waals surface area contributed by atoms with Crippen LogP contribution in [0.25, 0.3) is 0 Å². The Bertz CT molecular complexity index is 261. The summed E-state index contributed by atoms with van der Waals surface area (Å²) in [6, 6.07) is 0. The zero-order valence-electron chi connectivity index (χ0n) is 12.4. The molecule has 4 N–H and O–H groups in total. The molecule has 1 rings (SSSR count). The molecule has 1 fully saturated rings. The van der Waals surface area contributed by atoms with E-state index in [1.54, 1.807) is 0 Å². The van der Waals surface area contributed by atoms with Crippen LogP contribution in [0.3, 0.4) is 0 Å². The number of hydrogen-bond acceptors (Lipinski definition) is 3. The van der Waals surface area contributed by atoms with E-state index in [9.17, 15) is 9.90 Å². The molecular weight excluding hydrogens is 240 g/mol. The molecule has 0 radical (unpaired) electrons. The van der Waals surface area contributed by atoms with Crippen LogP contribution in [0.4, 0.5) is 0 Å². The van der Waals surface area contributed by atoms with Gasteiger partial charge in [-0.05, 0) is 56.4 Å². The van der Waals surface area contributed by atoms with Crippen molar-refractivity contribution in [2.24, 2.45) is 23.5 Å². The van der Waals surface area contributed by atoms with Crippen molar-refractivity contribution < 1.29 is 9.90 Å².